The number of carbonyl (C=O) groups excluding carboxylic acids is 1. The van der Waals surface area contributed by atoms with E-state index in [0.29, 0.717) is 17.6 Å². The van der Waals surface area contributed by atoms with Crippen LogP contribution in [0.3, 0.4) is 0 Å². The largest absolute Gasteiger partial charge is 0.494 e. The Morgan fingerprint density at radius 1 is 1.30 bits per heavy atom. The molecule has 4 aromatic rings. The van der Waals surface area contributed by atoms with E-state index in [1.165, 1.54) is 23.5 Å². The summed E-state index contributed by atoms with van der Waals surface area (Å²) in [6.07, 6.45) is 0.251. The van der Waals surface area contributed by atoms with Crippen LogP contribution in [0.4, 0.5) is 10.2 Å². The quantitative estimate of drug-likeness (QED) is 0.513. The van der Waals surface area contributed by atoms with Gasteiger partial charge in [0.25, 0.3) is 0 Å². The van der Waals surface area contributed by atoms with Crippen LogP contribution in [-0.4, -0.2) is 27.3 Å². The van der Waals surface area contributed by atoms with Gasteiger partial charge in [-0.2, -0.15) is 9.78 Å². The Bertz CT molecular complexity index is 1280. The zero-order chi connectivity index (χ0) is 20.8. The number of ether oxygens (including phenoxy) is 1. The van der Waals surface area contributed by atoms with Gasteiger partial charge >= 0.3 is 0 Å². The van der Waals surface area contributed by atoms with Crippen LogP contribution >= 0.6 is 11.3 Å². The lowest BCUT2D eigenvalue weighted by molar-refractivity contribution is -0.116. The Hall–Kier alpha value is -3.26. The molecule has 1 atom stereocenters. The first-order chi connectivity index (χ1) is 14.5. The molecule has 1 aliphatic heterocycles. The number of aromatic nitrogens is 3. The van der Waals surface area contributed by atoms with Gasteiger partial charge in [0, 0.05) is 17.9 Å². The predicted octanol–water partition coefficient (Wildman–Crippen LogP) is 4.80. The van der Waals surface area contributed by atoms with Crippen LogP contribution in [0, 0.1) is 12.7 Å². The SMILES string of the molecule is CCOc1ccc2nc(-n3nc(C)c4c3NC(=O)C[C@@H]4c3cccc(F)c3)sc2c1. The van der Waals surface area contributed by atoms with Gasteiger partial charge in [0.2, 0.25) is 11.0 Å². The molecule has 30 heavy (non-hydrogen) atoms. The summed E-state index contributed by atoms with van der Waals surface area (Å²) in [7, 11) is 0. The number of halogens is 1. The van der Waals surface area contributed by atoms with Crippen LogP contribution in [0.15, 0.2) is 42.5 Å². The molecule has 1 amide bonds. The smallest absolute Gasteiger partial charge is 0.226 e. The second-order valence-electron chi connectivity index (χ2n) is 7.18. The highest BCUT2D eigenvalue weighted by molar-refractivity contribution is 7.20. The van der Waals surface area contributed by atoms with Gasteiger partial charge in [-0.05, 0) is 49.7 Å². The molecule has 1 aliphatic rings. The van der Waals surface area contributed by atoms with E-state index >= 15 is 0 Å². The van der Waals surface area contributed by atoms with Gasteiger partial charge in [0.05, 0.1) is 22.5 Å². The number of benzene rings is 2. The van der Waals surface area contributed by atoms with E-state index in [-0.39, 0.29) is 24.1 Å². The van der Waals surface area contributed by atoms with Gasteiger partial charge < -0.3 is 10.1 Å². The van der Waals surface area contributed by atoms with E-state index in [1.54, 1.807) is 10.7 Å². The first-order valence-electron chi connectivity index (χ1n) is 9.72. The number of rotatable bonds is 4. The van der Waals surface area contributed by atoms with Gasteiger partial charge in [0.1, 0.15) is 17.4 Å². The minimum absolute atomic E-state index is 0.127. The Balaban J connectivity index is 1.63. The molecule has 6 nitrogen and oxygen atoms in total. The molecule has 2 aromatic heterocycles. The van der Waals surface area contributed by atoms with Crippen molar-refractivity contribution in [2.45, 2.75) is 26.2 Å². The van der Waals surface area contributed by atoms with Crippen molar-refractivity contribution in [2.24, 2.45) is 0 Å². The number of carbonyl (C=O) groups is 1. The highest BCUT2D eigenvalue weighted by Crippen LogP contribution is 2.41. The van der Waals surface area contributed by atoms with Crippen LogP contribution in [-0.2, 0) is 4.79 Å². The van der Waals surface area contributed by atoms with Gasteiger partial charge in [-0.1, -0.05) is 23.5 Å². The lowest BCUT2D eigenvalue weighted by atomic mass is 9.86. The number of anilines is 1. The number of aryl methyl sites for hydroxylation is 1. The fraction of sp³-hybridized carbons (Fsp3) is 0.227. The maximum absolute atomic E-state index is 13.8. The standard InChI is InChI=1S/C22H19FN4O2S/c1-3-29-15-7-8-17-18(10-15)30-22(24-17)27-21-20(12(2)26-27)16(11-19(28)25-21)13-5-4-6-14(23)9-13/h4-10,16H,3,11H2,1-2H3,(H,25,28)/t16-/m1/s1. The number of amides is 1. The summed E-state index contributed by atoms with van der Waals surface area (Å²) in [6, 6.07) is 12.2. The fourth-order valence-corrected chi connectivity index (χ4v) is 4.89. The molecule has 0 saturated carbocycles. The maximum atomic E-state index is 13.8. The molecule has 3 heterocycles. The van der Waals surface area contributed by atoms with E-state index in [4.69, 9.17) is 9.72 Å². The number of nitrogens with zero attached hydrogens (tertiary/aromatic N) is 3. The molecule has 0 fully saturated rings. The molecule has 0 spiro atoms. The second kappa shape index (κ2) is 7.21. The Labute approximate surface area is 176 Å². The van der Waals surface area contributed by atoms with Crippen molar-refractivity contribution in [2.75, 3.05) is 11.9 Å². The van der Waals surface area contributed by atoms with Crippen molar-refractivity contribution < 1.29 is 13.9 Å². The van der Waals surface area contributed by atoms with Crippen molar-refractivity contribution in [1.82, 2.24) is 14.8 Å². The second-order valence-corrected chi connectivity index (χ2v) is 8.19. The molecule has 0 aliphatic carbocycles. The van der Waals surface area contributed by atoms with Crippen molar-refractivity contribution >= 4 is 33.3 Å². The average molecular weight is 422 g/mol. The Morgan fingerprint density at radius 3 is 2.97 bits per heavy atom. The lowest BCUT2D eigenvalue weighted by Gasteiger charge is -2.24. The normalized spacial score (nSPS) is 15.8. The maximum Gasteiger partial charge on any atom is 0.226 e. The minimum atomic E-state index is -0.318. The third-order valence-electron chi connectivity index (χ3n) is 5.19. The molecular formula is C22H19FN4O2S. The molecular weight excluding hydrogens is 403 g/mol. The zero-order valence-electron chi connectivity index (χ0n) is 16.5. The van der Waals surface area contributed by atoms with Crippen molar-refractivity contribution in [1.29, 1.82) is 0 Å². The average Bonchev–Trinajstić information content (AvgIpc) is 3.28. The van der Waals surface area contributed by atoms with E-state index in [9.17, 15) is 9.18 Å². The third kappa shape index (κ3) is 3.13. The first kappa shape index (κ1) is 18.7. The van der Waals surface area contributed by atoms with Crippen molar-refractivity contribution in [3.63, 3.8) is 0 Å². The summed E-state index contributed by atoms with van der Waals surface area (Å²) in [5.41, 5.74) is 3.28. The zero-order valence-corrected chi connectivity index (χ0v) is 17.3. The molecule has 8 heteroatoms. The summed E-state index contributed by atoms with van der Waals surface area (Å²) in [5, 5.41) is 8.28. The summed E-state index contributed by atoms with van der Waals surface area (Å²) >= 11 is 1.48. The van der Waals surface area contributed by atoms with E-state index in [2.05, 4.69) is 10.4 Å². The molecule has 0 unspecified atom stereocenters. The number of nitrogens with one attached hydrogen (secondary N) is 1. The molecule has 1 N–H and O–H groups in total. The predicted molar refractivity (Wildman–Crippen MR) is 114 cm³/mol. The fourth-order valence-electron chi connectivity index (χ4n) is 3.93. The van der Waals surface area contributed by atoms with Crippen LogP contribution in [0.2, 0.25) is 0 Å². The highest BCUT2D eigenvalue weighted by atomic mass is 32.1. The Kier molecular flexibility index (Phi) is 4.51. The summed E-state index contributed by atoms with van der Waals surface area (Å²) in [6.45, 7) is 4.44. The molecule has 0 bridgehead atoms. The lowest BCUT2D eigenvalue weighted by Crippen LogP contribution is -2.25. The monoisotopic (exact) mass is 422 g/mol. The number of hydrogen-bond donors (Lipinski definition) is 1. The highest BCUT2D eigenvalue weighted by Gasteiger charge is 2.33. The summed E-state index contributed by atoms with van der Waals surface area (Å²) in [4.78, 5) is 17.2. The van der Waals surface area contributed by atoms with Gasteiger partial charge in [-0.3, -0.25) is 4.79 Å². The minimum Gasteiger partial charge on any atom is -0.494 e. The third-order valence-corrected chi connectivity index (χ3v) is 6.19. The Morgan fingerprint density at radius 2 is 2.17 bits per heavy atom. The number of fused-ring (bicyclic) bond motifs is 2. The van der Waals surface area contributed by atoms with Crippen LogP contribution in [0.5, 0.6) is 5.75 Å². The topological polar surface area (TPSA) is 69.0 Å². The van der Waals surface area contributed by atoms with E-state index in [0.717, 1.165) is 32.8 Å². The van der Waals surface area contributed by atoms with Gasteiger partial charge in [-0.15, -0.1) is 0 Å². The molecule has 5 rings (SSSR count). The summed E-state index contributed by atoms with van der Waals surface area (Å²) in [5.74, 6) is 0.691. The summed E-state index contributed by atoms with van der Waals surface area (Å²) < 4.78 is 22.1. The van der Waals surface area contributed by atoms with Crippen LogP contribution in [0.1, 0.15) is 36.1 Å². The van der Waals surface area contributed by atoms with Crippen LogP contribution < -0.4 is 10.1 Å². The van der Waals surface area contributed by atoms with E-state index in [1.807, 2.05) is 38.1 Å². The molecule has 152 valence electrons. The molecule has 0 saturated heterocycles. The molecule has 2 aromatic carbocycles. The van der Waals surface area contributed by atoms with Gasteiger partial charge in [-0.25, -0.2) is 9.37 Å². The van der Waals surface area contributed by atoms with E-state index < -0.39 is 0 Å². The van der Waals surface area contributed by atoms with Crippen molar-refractivity contribution in [3.05, 3.63) is 65.1 Å². The van der Waals surface area contributed by atoms with Crippen LogP contribution in [0.25, 0.3) is 15.3 Å². The van der Waals surface area contributed by atoms with Gasteiger partial charge in [0.15, 0.2) is 0 Å². The number of thiazole rings is 1. The first-order valence-corrected chi connectivity index (χ1v) is 10.5. The van der Waals surface area contributed by atoms with Crippen molar-refractivity contribution in [3.8, 4) is 10.9 Å². The molecule has 0 radical (unpaired) electrons. The number of hydrogen-bond acceptors (Lipinski definition) is 5.